The van der Waals surface area contributed by atoms with Gasteiger partial charge >= 0.3 is 0 Å². The van der Waals surface area contributed by atoms with Crippen LogP contribution in [0.2, 0.25) is 0 Å². The van der Waals surface area contributed by atoms with Gasteiger partial charge in [-0.3, -0.25) is 4.79 Å². The summed E-state index contributed by atoms with van der Waals surface area (Å²) in [6.45, 7) is 2.83. The molecular weight excluding hydrogens is 256 g/mol. The zero-order chi connectivity index (χ0) is 14.4. The number of ether oxygens (including phenoxy) is 1. The first kappa shape index (κ1) is 14.1. The summed E-state index contributed by atoms with van der Waals surface area (Å²) in [4.78, 5) is 12.1. The second-order valence-corrected chi connectivity index (χ2v) is 4.23. The van der Waals surface area contributed by atoms with Crippen molar-refractivity contribution in [3.8, 4) is 5.75 Å². The van der Waals surface area contributed by atoms with Crippen LogP contribution in [0, 0.1) is 0 Å². The van der Waals surface area contributed by atoms with Gasteiger partial charge in [-0.15, -0.1) is 0 Å². The van der Waals surface area contributed by atoms with Gasteiger partial charge in [0, 0.05) is 24.7 Å². The molecule has 106 valence electrons. The number of furan rings is 1. The highest BCUT2D eigenvalue weighted by Gasteiger charge is 2.13. The SMILES string of the molecule is CCc1occc1C(=O)Nc1cccc(OCCN)c1. The summed E-state index contributed by atoms with van der Waals surface area (Å²) in [6, 6.07) is 8.87. The quantitative estimate of drug-likeness (QED) is 0.848. The molecule has 0 spiro atoms. The highest BCUT2D eigenvalue weighted by molar-refractivity contribution is 6.05. The smallest absolute Gasteiger partial charge is 0.259 e. The zero-order valence-electron chi connectivity index (χ0n) is 11.4. The fourth-order valence-electron chi connectivity index (χ4n) is 1.86. The van der Waals surface area contributed by atoms with E-state index < -0.39 is 0 Å². The number of hydrogen-bond acceptors (Lipinski definition) is 4. The Morgan fingerprint density at radius 1 is 1.40 bits per heavy atom. The first-order valence-electron chi connectivity index (χ1n) is 6.55. The number of benzene rings is 1. The van der Waals surface area contributed by atoms with Crippen molar-refractivity contribution >= 4 is 11.6 Å². The molecule has 1 aromatic heterocycles. The van der Waals surface area contributed by atoms with Gasteiger partial charge < -0.3 is 20.2 Å². The predicted molar refractivity (Wildman–Crippen MR) is 77.0 cm³/mol. The fourth-order valence-corrected chi connectivity index (χ4v) is 1.86. The van der Waals surface area contributed by atoms with Crippen LogP contribution in [0.5, 0.6) is 5.75 Å². The molecule has 0 bridgehead atoms. The molecule has 0 atom stereocenters. The van der Waals surface area contributed by atoms with Gasteiger partial charge in [0.05, 0.1) is 11.8 Å². The molecule has 20 heavy (non-hydrogen) atoms. The normalized spacial score (nSPS) is 10.3. The largest absolute Gasteiger partial charge is 0.492 e. The Morgan fingerprint density at radius 3 is 3.00 bits per heavy atom. The topological polar surface area (TPSA) is 77.5 Å². The van der Waals surface area contributed by atoms with Crippen molar-refractivity contribution in [3.05, 3.63) is 47.9 Å². The lowest BCUT2D eigenvalue weighted by Crippen LogP contribution is -2.13. The average Bonchev–Trinajstić information content (AvgIpc) is 2.94. The van der Waals surface area contributed by atoms with Crippen molar-refractivity contribution in [2.75, 3.05) is 18.5 Å². The molecule has 0 fully saturated rings. The Morgan fingerprint density at radius 2 is 2.25 bits per heavy atom. The molecule has 1 amide bonds. The van der Waals surface area contributed by atoms with Gasteiger partial charge in [-0.1, -0.05) is 13.0 Å². The third-order valence-electron chi connectivity index (χ3n) is 2.79. The minimum atomic E-state index is -0.188. The molecule has 2 aromatic rings. The maximum Gasteiger partial charge on any atom is 0.259 e. The van der Waals surface area contributed by atoms with Crippen LogP contribution in [0.25, 0.3) is 0 Å². The molecule has 1 aromatic carbocycles. The van der Waals surface area contributed by atoms with E-state index in [0.717, 1.165) is 0 Å². The minimum absolute atomic E-state index is 0.188. The Kier molecular flexibility index (Phi) is 4.79. The van der Waals surface area contributed by atoms with Crippen LogP contribution in [0.15, 0.2) is 41.0 Å². The molecule has 5 nitrogen and oxygen atoms in total. The first-order chi connectivity index (χ1) is 9.74. The summed E-state index contributed by atoms with van der Waals surface area (Å²) >= 11 is 0. The van der Waals surface area contributed by atoms with E-state index in [1.54, 1.807) is 18.2 Å². The van der Waals surface area contributed by atoms with E-state index in [0.29, 0.717) is 42.3 Å². The van der Waals surface area contributed by atoms with Gasteiger partial charge in [0.1, 0.15) is 18.1 Å². The maximum atomic E-state index is 12.1. The molecule has 0 aliphatic carbocycles. The van der Waals surface area contributed by atoms with E-state index in [4.69, 9.17) is 14.9 Å². The summed E-state index contributed by atoms with van der Waals surface area (Å²) in [7, 11) is 0. The van der Waals surface area contributed by atoms with Gasteiger partial charge in [0.25, 0.3) is 5.91 Å². The summed E-state index contributed by atoms with van der Waals surface area (Å²) in [6.07, 6.45) is 2.20. The Bertz CT molecular complexity index is 578. The molecule has 0 unspecified atom stereocenters. The van der Waals surface area contributed by atoms with E-state index in [2.05, 4.69) is 5.32 Å². The Balaban J connectivity index is 2.08. The maximum absolute atomic E-state index is 12.1. The third kappa shape index (κ3) is 3.39. The minimum Gasteiger partial charge on any atom is -0.492 e. The number of rotatable bonds is 6. The third-order valence-corrected chi connectivity index (χ3v) is 2.79. The lowest BCUT2D eigenvalue weighted by Gasteiger charge is -2.08. The molecule has 0 aliphatic rings. The standard InChI is InChI=1S/C15H18N2O3/c1-2-14-13(6-8-20-14)15(18)17-11-4-3-5-12(10-11)19-9-7-16/h3-6,8,10H,2,7,9,16H2,1H3,(H,17,18). The number of amides is 1. The van der Waals surface area contributed by atoms with Crippen LogP contribution in [-0.2, 0) is 6.42 Å². The number of carbonyl (C=O) groups is 1. The fraction of sp³-hybridized carbons (Fsp3) is 0.267. The molecule has 2 rings (SSSR count). The van der Waals surface area contributed by atoms with E-state index in [1.165, 1.54) is 6.26 Å². The number of hydrogen-bond donors (Lipinski definition) is 2. The number of anilines is 1. The Hall–Kier alpha value is -2.27. The highest BCUT2D eigenvalue weighted by Crippen LogP contribution is 2.19. The molecule has 3 N–H and O–H groups in total. The predicted octanol–water partition coefficient (Wildman–Crippen LogP) is 2.43. The summed E-state index contributed by atoms with van der Waals surface area (Å²) < 4.78 is 10.7. The molecule has 1 heterocycles. The first-order valence-corrected chi connectivity index (χ1v) is 6.55. The van der Waals surface area contributed by atoms with Crippen LogP contribution in [0.1, 0.15) is 23.0 Å². The molecule has 0 saturated heterocycles. The van der Waals surface area contributed by atoms with Crippen LogP contribution < -0.4 is 15.8 Å². The zero-order valence-corrected chi connectivity index (χ0v) is 11.4. The summed E-state index contributed by atoms with van der Waals surface area (Å²) in [5.74, 6) is 1.17. The van der Waals surface area contributed by atoms with Crippen LogP contribution in [0.3, 0.4) is 0 Å². The number of aryl methyl sites for hydroxylation is 1. The van der Waals surface area contributed by atoms with Gasteiger partial charge in [0.15, 0.2) is 0 Å². The number of nitrogens with one attached hydrogen (secondary N) is 1. The van der Waals surface area contributed by atoms with Crippen molar-refractivity contribution in [2.45, 2.75) is 13.3 Å². The van der Waals surface area contributed by atoms with Crippen LogP contribution >= 0.6 is 0 Å². The van der Waals surface area contributed by atoms with Crippen molar-refractivity contribution < 1.29 is 13.9 Å². The van der Waals surface area contributed by atoms with Crippen molar-refractivity contribution in [1.29, 1.82) is 0 Å². The number of carbonyl (C=O) groups excluding carboxylic acids is 1. The van der Waals surface area contributed by atoms with E-state index >= 15 is 0 Å². The number of nitrogens with two attached hydrogens (primary N) is 1. The monoisotopic (exact) mass is 274 g/mol. The second kappa shape index (κ2) is 6.77. The lowest BCUT2D eigenvalue weighted by atomic mass is 10.2. The van der Waals surface area contributed by atoms with Crippen molar-refractivity contribution in [2.24, 2.45) is 5.73 Å². The molecule has 0 radical (unpaired) electrons. The van der Waals surface area contributed by atoms with Crippen molar-refractivity contribution in [1.82, 2.24) is 0 Å². The van der Waals surface area contributed by atoms with E-state index in [1.807, 2.05) is 19.1 Å². The van der Waals surface area contributed by atoms with Gasteiger partial charge in [-0.05, 0) is 18.2 Å². The van der Waals surface area contributed by atoms with Crippen LogP contribution in [-0.4, -0.2) is 19.1 Å². The van der Waals surface area contributed by atoms with Crippen LogP contribution in [0.4, 0.5) is 5.69 Å². The van der Waals surface area contributed by atoms with Crippen molar-refractivity contribution in [3.63, 3.8) is 0 Å². The molecular formula is C15H18N2O3. The van der Waals surface area contributed by atoms with E-state index in [-0.39, 0.29) is 5.91 Å². The van der Waals surface area contributed by atoms with Gasteiger partial charge in [0.2, 0.25) is 0 Å². The lowest BCUT2D eigenvalue weighted by molar-refractivity contribution is 0.102. The summed E-state index contributed by atoms with van der Waals surface area (Å²) in [5, 5.41) is 2.83. The molecule has 5 heteroatoms. The van der Waals surface area contributed by atoms with E-state index in [9.17, 15) is 4.79 Å². The molecule has 0 saturated carbocycles. The second-order valence-electron chi connectivity index (χ2n) is 4.23. The summed E-state index contributed by atoms with van der Waals surface area (Å²) in [5.41, 5.74) is 6.62. The highest BCUT2D eigenvalue weighted by atomic mass is 16.5. The Labute approximate surface area is 117 Å². The van der Waals surface area contributed by atoms with Gasteiger partial charge in [-0.2, -0.15) is 0 Å². The molecule has 0 aliphatic heterocycles. The van der Waals surface area contributed by atoms with Gasteiger partial charge in [-0.25, -0.2) is 0 Å². The average molecular weight is 274 g/mol.